The average molecular weight is 389 g/mol. The van der Waals surface area contributed by atoms with Gasteiger partial charge in [-0.1, -0.05) is 0 Å². The number of likely N-dealkylation sites (tertiary alicyclic amines) is 3. The van der Waals surface area contributed by atoms with Gasteiger partial charge in [0.25, 0.3) is 5.91 Å². The number of carbonyl (C=O) groups is 3. The molecule has 3 aliphatic rings. The quantitative estimate of drug-likeness (QED) is 0.774. The lowest BCUT2D eigenvalue weighted by Crippen LogP contribution is -2.61. The van der Waals surface area contributed by atoms with Crippen LogP contribution < -0.4 is 4.74 Å². The van der Waals surface area contributed by atoms with E-state index in [0.29, 0.717) is 19.6 Å². The molecule has 3 amide bonds. The fraction of sp³-hybridized carbons (Fsp3) is 0.550. The van der Waals surface area contributed by atoms with Crippen LogP contribution in [0.3, 0.4) is 0 Å². The monoisotopic (exact) mass is 389 g/mol. The Hall–Kier alpha value is -2.64. The molecule has 1 atom stereocenters. The molecule has 0 spiro atoms. The second kappa shape index (κ2) is 7.41. The first-order chi connectivity index (χ1) is 13.5. The minimum atomic E-state index is -0.580. The summed E-state index contributed by atoms with van der Waals surface area (Å²) in [5, 5.41) is 0. The number of benzene rings is 1. The zero-order chi connectivity index (χ0) is 19.8. The van der Waals surface area contributed by atoms with Gasteiger partial charge in [0.2, 0.25) is 11.8 Å². The predicted octanol–water partition coefficient (Wildman–Crippen LogP) is 1.13. The van der Waals surface area contributed by atoms with Crippen LogP contribution in [-0.4, -0.2) is 78.3 Å². The Morgan fingerprint density at radius 2 is 1.82 bits per heavy atom. The Balaban J connectivity index is 1.33. The molecule has 0 aliphatic carbocycles. The van der Waals surface area contributed by atoms with E-state index >= 15 is 0 Å². The smallest absolute Gasteiger partial charge is 0.254 e. The highest BCUT2D eigenvalue weighted by Gasteiger charge is 2.44. The predicted molar refractivity (Wildman–Crippen MR) is 98.3 cm³/mol. The number of carbonyl (C=O) groups excluding carboxylic acids is 3. The zero-order valence-corrected chi connectivity index (χ0v) is 15.9. The SMILES string of the molecule is COc1ccc(C(=O)N2CC(N3CC(C(=O)N4CCCC4)CC3=O)C2)cc1F. The summed E-state index contributed by atoms with van der Waals surface area (Å²) in [7, 11) is 1.37. The van der Waals surface area contributed by atoms with Crippen molar-refractivity contribution < 1.29 is 23.5 Å². The molecule has 0 N–H and O–H groups in total. The molecule has 1 unspecified atom stereocenters. The second-order valence-corrected chi connectivity index (χ2v) is 7.69. The molecule has 3 fully saturated rings. The molecule has 0 radical (unpaired) electrons. The van der Waals surface area contributed by atoms with Gasteiger partial charge in [0.05, 0.1) is 19.1 Å². The van der Waals surface area contributed by atoms with Crippen LogP contribution in [0.1, 0.15) is 29.6 Å². The summed E-state index contributed by atoms with van der Waals surface area (Å²) in [4.78, 5) is 42.6. The van der Waals surface area contributed by atoms with Crippen LogP contribution in [-0.2, 0) is 9.59 Å². The van der Waals surface area contributed by atoms with Crippen molar-refractivity contribution in [1.29, 1.82) is 0 Å². The Kier molecular flexibility index (Phi) is 4.95. The summed E-state index contributed by atoms with van der Waals surface area (Å²) in [5.41, 5.74) is 0.256. The molecule has 3 aliphatic heterocycles. The highest BCUT2D eigenvalue weighted by molar-refractivity contribution is 5.95. The largest absolute Gasteiger partial charge is 0.494 e. The highest BCUT2D eigenvalue weighted by Crippen LogP contribution is 2.28. The van der Waals surface area contributed by atoms with Crippen LogP contribution >= 0.6 is 0 Å². The van der Waals surface area contributed by atoms with Crippen molar-refractivity contribution in [1.82, 2.24) is 14.7 Å². The first-order valence-electron chi connectivity index (χ1n) is 9.69. The number of nitrogens with zero attached hydrogens (tertiary/aromatic N) is 3. The van der Waals surface area contributed by atoms with E-state index in [4.69, 9.17) is 4.74 Å². The number of rotatable bonds is 4. The maximum Gasteiger partial charge on any atom is 0.254 e. The molecule has 8 heteroatoms. The van der Waals surface area contributed by atoms with E-state index in [-0.39, 0.29) is 47.4 Å². The molecule has 3 saturated heterocycles. The molecule has 3 heterocycles. The second-order valence-electron chi connectivity index (χ2n) is 7.69. The van der Waals surface area contributed by atoms with E-state index in [1.54, 1.807) is 9.80 Å². The molecular weight excluding hydrogens is 365 g/mol. The van der Waals surface area contributed by atoms with Crippen molar-refractivity contribution in [2.24, 2.45) is 5.92 Å². The van der Waals surface area contributed by atoms with Crippen molar-refractivity contribution >= 4 is 17.7 Å². The summed E-state index contributed by atoms with van der Waals surface area (Å²) in [6.45, 7) is 2.81. The third-order valence-electron chi connectivity index (χ3n) is 5.91. The summed E-state index contributed by atoms with van der Waals surface area (Å²) < 4.78 is 18.7. The molecule has 0 aromatic heterocycles. The summed E-state index contributed by atoms with van der Waals surface area (Å²) in [6.07, 6.45) is 2.31. The number of hydrogen-bond acceptors (Lipinski definition) is 4. The van der Waals surface area contributed by atoms with Crippen LogP contribution in [0.25, 0.3) is 0 Å². The lowest BCUT2D eigenvalue weighted by atomic mass is 10.0. The molecule has 150 valence electrons. The van der Waals surface area contributed by atoms with E-state index in [1.165, 1.54) is 25.3 Å². The van der Waals surface area contributed by atoms with Gasteiger partial charge in [-0.3, -0.25) is 14.4 Å². The number of hydrogen-bond donors (Lipinski definition) is 0. The maximum atomic E-state index is 13.8. The molecular formula is C20H24FN3O4. The zero-order valence-electron chi connectivity index (χ0n) is 15.9. The number of halogens is 1. The van der Waals surface area contributed by atoms with Crippen LogP contribution in [0.15, 0.2) is 18.2 Å². The minimum Gasteiger partial charge on any atom is -0.494 e. The van der Waals surface area contributed by atoms with Crippen molar-refractivity contribution in [2.75, 3.05) is 39.8 Å². The Morgan fingerprint density at radius 1 is 1.11 bits per heavy atom. The van der Waals surface area contributed by atoms with Gasteiger partial charge in [0.15, 0.2) is 11.6 Å². The third-order valence-corrected chi connectivity index (χ3v) is 5.91. The molecule has 28 heavy (non-hydrogen) atoms. The fourth-order valence-corrected chi connectivity index (χ4v) is 4.25. The fourth-order valence-electron chi connectivity index (χ4n) is 4.25. The number of methoxy groups -OCH3 is 1. The van der Waals surface area contributed by atoms with Crippen LogP contribution in [0.2, 0.25) is 0 Å². The van der Waals surface area contributed by atoms with Gasteiger partial charge in [0, 0.05) is 44.7 Å². The lowest BCUT2D eigenvalue weighted by Gasteiger charge is -2.44. The first-order valence-corrected chi connectivity index (χ1v) is 9.69. The van der Waals surface area contributed by atoms with Gasteiger partial charge in [-0.2, -0.15) is 0 Å². The van der Waals surface area contributed by atoms with Crippen molar-refractivity contribution in [3.8, 4) is 5.75 Å². The van der Waals surface area contributed by atoms with Crippen molar-refractivity contribution in [3.63, 3.8) is 0 Å². The first kappa shape index (κ1) is 18.7. The van der Waals surface area contributed by atoms with Crippen molar-refractivity contribution in [2.45, 2.75) is 25.3 Å². The molecule has 0 saturated carbocycles. The number of ether oxygens (including phenoxy) is 1. The molecule has 7 nitrogen and oxygen atoms in total. The van der Waals surface area contributed by atoms with Crippen LogP contribution in [0.5, 0.6) is 5.75 Å². The maximum absolute atomic E-state index is 13.8. The third kappa shape index (κ3) is 3.31. The molecule has 4 rings (SSSR count). The Bertz CT molecular complexity index is 803. The summed E-state index contributed by atoms with van der Waals surface area (Å²) in [6, 6.07) is 4.05. The Morgan fingerprint density at radius 3 is 2.46 bits per heavy atom. The van der Waals surface area contributed by atoms with Gasteiger partial charge < -0.3 is 19.4 Å². The highest BCUT2D eigenvalue weighted by atomic mass is 19.1. The van der Waals surface area contributed by atoms with Gasteiger partial charge in [0.1, 0.15) is 0 Å². The van der Waals surface area contributed by atoms with Crippen LogP contribution in [0, 0.1) is 11.7 Å². The van der Waals surface area contributed by atoms with Crippen molar-refractivity contribution in [3.05, 3.63) is 29.6 Å². The normalized spacial score (nSPS) is 22.6. The summed E-state index contributed by atoms with van der Waals surface area (Å²) in [5.74, 6) is -0.975. The average Bonchev–Trinajstić information content (AvgIpc) is 3.30. The van der Waals surface area contributed by atoms with Crippen LogP contribution in [0.4, 0.5) is 4.39 Å². The van der Waals surface area contributed by atoms with Gasteiger partial charge in [-0.05, 0) is 31.0 Å². The van der Waals surface area contributed by atoms with E-state index < -0.39 is 5.82 Å². The molecule has 1 aromatic rings. The molecule has 1 aromatic carbocycles. The van der Waals surface area contributed by atoms with E-state index in [9.17, 15) is 18.8 Å². The van der Waals surface area contributed by atoms with E-state index in [0.717, 1.165) is 25.9 Å². The topological polar surface area (TPSA) is 70.2 Å². The molecule has 0 bridgehead atoms. The lowest BCUT2D eigenvalue weighted by molar-refractivity contribution is -0.135. The van der Waals surface area contributed by atoms with E-state index in [1.807, 2.05) is 4.90 Å². The Labute approximate surface area is 163 Å². The van der Waals surface area contributed by atoms with Gasteiger partial charge in [-0.25, -0.2) is 4.39 Å². The minimum absolute atomic E-state index is 0.0230. The van der Waals surface area contributed by atoms with Gasteiger partial charge >= 0.3 is 0 Å². The van der Waals surface area contributed by atoms with E-state index in [2.05, 4.69) is 0 Å². The van der Waals surface area contributed by atoms with Gasteiger partial charge in [-0.15, -0.1) is 0 Å². The number of amides is 3. The standard InChI is InChI=1S/C20H24FN3O4/c1-28-17-5-4-13(8-16(17)21)19(26)23-11-15(12-23)24-10-14(9-18(24)25)20(27)22-6-2-3-7-22/h4-5,8,14-15H,2-3,6-7,9-12H2,1H3. The summed E-state index contributed by atoms with van der Waals surface area (Å²) >= 11 is 0.